The van der Waals surface area contributed by atoms with E-state index in [-0.39, 0.29) is 12.1 Å². The van der Waals surface area contributed by atoms with Crippen molar-refractivity contribution in [2.24, 2.45) is 5.92 Å². The van der Waals surface area contributed by atoms with Crippen molar-refractivity contribution >= 4 is 12.0 Å². The number of amides is 2. The predicted molar refractivity (Wildman–Crippen MR) is 78.1 cm³/mol. The van der Waals surface area contributed by atoms with Crippen LogP contribution in [0.3, 0.4) is 0 Å². The molecule has 0 aromatic rings. The lowest BCUT2D eigenvalue weighted by molar-refractivity contribution is -0.144. The molecule has 0 aromatic carbocycles. The van der Waals surface area contributed by atoms with Gasteiger partial charge in [-0.05, 0) is 38.0 Å². The number of carbonyl (C=O) groups excluding carboxylic acids is 1. The first-order valence-electron chi connectivity index (χ1n) is 8.00. The molecule has 2 aliphatic rings. The lowest BCUT2D eigenvalue weighted by Crippen LogP contribution is -2.54. The van der Waals surface area contributed by atoms with E-state index >= 15 is 0 Å². The second-order valence-electron chi connectivity index (χ2n) is 6.02. The average Bonchev–Trinajstić information content (AvgIpc) is 2.52. The van der Waals surface area contributed by atoms with Crippen molar-refractivity contribution < 1.29 is 19.4 Å². The molecule has 0 bridgehead atoms. The minimum Gasteiger partial charge on any atom is -0.480 e. The lowest BCUT2D eigenvalue weighted by Gasteiger charge is -2.37. The quantitative estimate of drug-likeness (QED) is 0.830. The third-order valence-electron chi connectivity index (χ3n) is 4.59. The highest BCUT2D eigenvalue weighted by atomic mass is 16.5. The Morgan fingerprint density at radius 3 is 2.76 bits per heavy atom. The third-order valence-corrected chi connectivity index (χ3v) is 4.59. The van der Waals surface area contributed by atoms with Gasteiger partial charge in [-0.15, -0.1) is 0 Å². The monoisotopic (exact) mass is 298 g/mol. The van der Waals surface area contributed by atoms with E-state index in [4.69, 9.17) is 4.74 Å². The van der Waals surface area contributed by atoms with Crippen LogP contribution in [-0.2, 0) is 9.53 Å². The summed E-state index contributed by atoms with van der Waals surface area (Å²) < 4.78 is 5.57. The van der Waals surface area contributed by atoms with Crippen molar-refractivity contribution in [3.63, 3.8) is 0 Å². The van der Waals surface area contributed by atoms with E-state index < -0.39 is 12.0 Å². The van der Waals surface area contributed by atoms with Crippen molar-refractivity contribution in [2.75, 3.05) is 19.7 Å². The van der Waals surface area contributed by atoms with Crippen LogP contribution >= 0.6 is 0 Å². The first-order chi connectivity index (χ1) is 10.1. The van der Waals surface area contributed by atoms with Gasteiger partial charge in [0.15, 0.2) is 0 Å². The molecule has 0 radical (unpaired) electrons. The Morgan fingerprint density at radius 2 is 2.14 bits per heavy atom. The highest BCUT2D eigenvalue weighted by Gasteiger charge is 2.35. The average molecular weight is 298 g/mol. The summed E-state index contributed by atoms with van der Waals surface area (Å²) in [5.41, 5.74) is 0. The van der Waals surface area contributed by atoms with Gasteiger partial charge in [0.1, 0.15) is 6.04 Å². The molecule has 3 unspecified atom stereocenters. The van der Waals surface area contributed by atoms with Crippen LogP contribution in [0.2, 0.25) is 0 Å². The molecule has 21 heavy (non-hydrogen) atoms. The van der Waals surface area contributed by atoms with Gasteiger partial charge in [0.2, 0.25) is 0 Å². The summed E-state index contributed by atoms with van der Waals surface area (Å²) in [4.78, 5) is 25.1. The number of urea groups is 1. The van der Waals surface area contributed by atoms with Crippen molar-refractivity contribution in [3.8, 4) is 0 Å². The number of carboxylic acids is 1. The Labute approximate surface area is 125 Å². The van der Waals surface area contributed by atoms with Crippen LogP contribution in [0.25, 0.3) is 0 Å². The fourth-order valence-electron chi connectivity index (χ4n) is 3.16. The smallest absolute Gasteiger partial charge is 0.326 e. The summed E-state index contributed by atoms with van der Waals surface area (Å²) in [6.45, 7) is 3.81. The fraction of sp³-hybridized carbons (Fsp3) is 0.867. The highest BCUT2D eigenvalue weighted by Crippen LogP contribution is 2.25. The van der Waals surface area contributed by atoms with Crippen LogP contribution in [0.4, 0.5) is 4.79 Å². The number of likely N-dealkylation sites (tertiary alicyclic amines) is 1. The summed E-state index contributed by atoms with van der Waals surface area (Å²) in [7, 11) is 0. The number of hydrogen-bond donors (Lipinski definition) is 2. The standard InChI is InChI=1S/C15H26N2O4/c1-2-11-6-7-17(13(9-11)14(18)19)15(20)16-10-12-5-3-4-8-21-12/h11-13H,2-10H2,1H3,(H,16,20)(H,18,19). The summed E-state index contributed by atoms with van der Waals surface area (Å²) in [6.07, 6.45) is 5.64. The summed E-state index contributed by atoms with van der Waals surface area (Å²) in [5.74, 6) is -0.506. The molecule has 2 amide bonds. The van der Waals surface area contributed by atoms with Gasteiger partial charge in [0.05, 0.1) is 6.10 Å². The van der Waals surface area contributed by atoms with Gasteiger partial charge in [-0.25, -0.2) is 9.59 Å². The molecule has 3 atom stereocenters. The second-order valence-corrected chi connectivity index (χ2v) is 6.02. The molecule has 0 aliphatic carbocycles. The van der Waals surface area contributed by atoms with Gasteiger partial charge in [-0.3, -0.25) is 0 Å². The van der Waals surface area contributed by atoms with E-state index in [1.807, 2.05) is 0 Å². The molecule has 6 nitrogen and oxygen atoms in total. The fourth-order valence-corrected chi connectivity index (χ4v) is 3.16. The van der Waals surface area contributed by atoms with Gasteiger partial charge in [0, 0.05) is 19.7 Å². The number of nitrogens with one attached hydrogen (secondary N) is 1. The second kappa shape index (κ2) is 7.64. The Bertz CT molecular complexity index is 369. The third kappa shape index (κ3) is 4.33. The lowest BCUT2D eigenvalue weighted by atomic mass is 9.89. The molecule has 120 valence electrons. The van der Waals surface area contributed by atoms with Crippen molar-refractivity contribution in [1.29, 1.82) is 0 Å². The maximum absolute atomic E-state index is 12.2. The van der Waals surface area contributed by atoms with Crippen LogP contribution in [0.5, 0.6) is 0 Å². The van der Waals surface area contributed by atoms with Crippen molar-refractivity contribution in [3.05, 3.63) is 0 Å². The molecule has 6 heteroatoms. The topological polar surface area (TPSA) is 78.9 Å². The first-order valence-corrected chi connectivity index (χ1v) is 8.00. The first kappa shape index (κ1) is 16.1. The maximum Gasteiger partial charge on any atom is 0.326 e. The van der Waals surface area contributed by atoms with Crippen LogP contribution in [-0.4, -0.2) is 53.8 Å². The Morgan fingerprint density at radius 1 is 1.33 bits per heavy atom. The van der Waals surface area contributed by atoms with E-state index in [1.54, 1.807) is 0 Å². The van der Waals surface area contributed by atoms with Crippen LogP contribution in [0.1, 0.15) is 45.4 Å². The maximum atomic E-state index is 12.2. The van der Waals surface area contributed by atoms with Crippen LogP contribution in [0, 0.1) is 5.92 Å². The van der Waals surface area contributed by atoms with E-state index in [1.165, 1.54) is 4.90 Å². The van der Waals surface area contributed by atoms with Gasteiger partial charge in [-0.2, -0.15) is 0 Å². The summed E-state index contributed by atoms with van der Waals surface area (Å²) in [5, 5.41) is 12.2. The number of hydrogen-bond acceptors (Lipinski definition) is 3. The Balaban J connectivity index is 1.85. The SMILES string of the molecule is CCC1CCN(C(=O)NCC2CCCCO2)C(C(=O)O)C1. The highest BCUT2D eigenvalue weighted by molar-refractivity contribution is 5.82. The zero-order chi connectivity index (χ0) is 15.2. The number of aliphatic carboxylic acids is 1. The van der Waals surface area contributed by atoms with Gasteiger partial charge in [-0.1, -0.05) is 13.3 Å². The van der Waals surface area contributed by atoms with Crippen LogP contribution in [0.15, 0.2) is 0 Å². The predicted octanol–water partition coefficient (Wildman–Crippen LogP) is 1.84. The van der Waals surface area contributed by atoms with E-state index in [9.17, 15) is 14.7 Å². The Kier molecular flexibility index (Phi) is 5.85. The molecular weight excluding hydrogens is 272 g/mol. The number of carbonyl (C=O) groups is 2. The van der Waals surface area contributed by atoms with Gasteiger partial charge >= 0.3 is 12.0 Å². The zero-order valence-corrected chi connectivity index (χ0v) is 12.7. The van der Waals surface area contributed by atoms with E-state index in [0.29, 0.717) is 25.4 Å². The van der Waals surface area contributed by atoms with Gasteiger partial charge < -0.3 is 20.1 Å². The van der Waals surface area contributed by atoms with E-state index in [0.717, 1.165) is 38.7 Å². The molecule has 0 aromatic heterocycles. The minimum absolute atomic E-state index is 0.0687. The number of nitrogens with zero attached hydrogens (tertiary/aromatic N) is 1. The summed E-state index contributed by atoms with van der Waals surface area (Å²) >= 11 is 0. The molecule has 0 spiro atoms. The number of piperidine rings is 1. The molecule has 2 aliphatic heterocycles. The molecule has 2 fully saturated rings. The Hall–Kier alpha value is -1.30. The normalized spacial score (nSPS) is 30.0. The zero-order valence-electron chi connectivity index (χ0n) is 12.7. The molecule has 0 saturated carbocycles. The van der Waals surface area contributed by atoms with Gasteiger partial charge in [0.25, 0.3) is 0 Å². The number of ether oxygens (including phenoxy) is 1. The number of rotatable bonds is 4. The van der Waals surface area contributed by atoms with Crippen LogP contribution < -0.4 is 5.32 Å². The van der Waals surface area contributed by atoms with Crippen molar-refractivity contribution in [1.82, 2.24) is 10.2 Å². The molecular formula is C15H26N2O4. The van der Waals surface area contributed by atoms with Crippen molar-refractivity contribution in [2.45, 2.75) is 57.6 Å². The minimum atomic E-state index is -0.905. The molecule has 2 N–H and O–H groups in total. The molecule has 2 heterocycles. The van der Waals surface area contributed by atoms with E-state index in [2.05, 4.69) is 12.2 Å². The molecule has 2 rings (SSSR count). The number of carboxylic acid groups (broad SMARTS) is 1. The largest absolute Gasteiger partial charge is 0.480 e. The molecule has 2 saturated heterocycles. The summed E-state index contributed by atoms with van der Waals surface area (Å²) in [6, 6.07) is -0.970.